The van der Waals surface area contributed by atoms with Crippen LogP contribution in [0.4, 0.5) is 10.1 Å². The minimum atomic E-state index is -0.277. The maximum Gasteiger partial charge on any atom is 0.231 e. The van der Waals surface area contributed by atoms with Crippen LogP contribution in [0.3, 0.4) is 0 Å². The highest BCUT2D eigenvalue weighted by molar-refractivity contribution is 5.60. The Balaban J connectivity index is 1.52. The Labute approximate surface area is 202 Å². The van der Waals surface area contributed by atoms with Crippen LogP contribution in [0.1, 0.15) is 28.7 Å². The van der Waals surface area contributed by atoms with Gasteiger partial charge in [0.25, 0.3) is 0 Å². The zero-order valence-corrected chi connectivity index (χ0v) is 19.4. The van der Waals surface area contributed by atoms with E-state index in [1.807, 2.05) is 24.3 Å². The maximum atomic E-state index is 13.5. The van der Waals surface area contributed by atoms with Gasteiger partial charge < -0.3 is 34.1 Å². The first-order valence-corrected chi connectivity index (χ1v) is 11.6. The first kappa shape index (κ1) is 21.9. The van der Waals surface area contributed by atoms with E-state index >= 15 is 0 Å². The first-order valence-electron chi connectivity index (χ1n) is 11.6. The molecular formula is C27H26FNO6. The van der Waals surface area contributed by atoms with Crippen molar-refractivity contribution < 1.29 is 33.2 Å². The van der Waals surface area contributed by atoms with Crippen LogP contribution in [0.25, 0.3) is 0 Å². The predicted molar refractivity (Wildman–Crippen MR) is 126 cm³/mol. The Morgan fingerprint density at radius 2 is 1.51 bits per heavy atom. The van der Waals surface area contributed by atoms with E-state index in [0.29, 0.717) is 36.2 Å². The van der Waals surface area contributed by atoms with Gasteiger partial charge in [-0.25, -0.2) is 4.39 Å². The summed E-state index contributed by atoms with van der Waals surface area (Å²) in [6, 6.07) is 14.1. The maximum absolute atomic E-state index is 13.5. The number of phenolic OH excluding ortho intramolecular Hbond substituents is 1. The third-order valence-electron chi connectivity index (χ3n) is 7.30. The molecule has 1 fully saturated rings. The van der Waals surface area contributed by atoms with Crippen molar-refractivity contribution in [3.05, 3.63) is 71.0 Å². The van der Waals surface area contributed by atoms with Crippen molar-refractivity contribution >= 4 is 5.69 Å². The first-order chi connectivity index (χ1) is 17.1. The van der Waals surface area contributed by atoms with E-state index < -0.39 is 0 Å². The standard InChI is InChI=1S/C27H26FNO6/c1-31-23-7-14(8-24(32-2)27(23)30)25-17-9-21-22(35-13-34-21)10-18(17)26(20-12-33-11-19(20)25)29-16-5-3-15(28)4-6-16/h3-10,19-20,25-26,29-30H,11-13H2,1-2H3/t19-,20?,25?,26+/m0/s1. The van der Waals surface area contributed by atoms with E-state index in [1.165, 1.54) is 26.4 Å². The quantitative estimate of drug-likeness (QED) is 0.542. The van der Waals surface area contributed by atoms with Crippen molar-refractivity contribution in [2.45, 2.75) is 12.0 Å². The molecule has 6 rings (SSSR count). The lowest BCUT2D eigenvalue weighted by molar-refractivity contribution is 0.173. The second kappa shape index (κ2) is 8.53. The summed E-state index contributed by atoms with van der Waals surface area (Å²) in [5, 5.41) is 14.1. The highest BCUT2D eigenvalue weighted by Gasteiger charge is 2.47. The van der Waals surface area contributed by atoms with Gasteiger partial charge in [-0.05, 0) is 65.2 Å². The van der Waals surface area contributed by atoms with E-state index in [-0.39, 0.29) is 42.2 Å². The molecule has 8 heteroatoms. The van der Waals surface area contributed by atoms with Crippen molar-refractivity contribution in [2.75, 3.05) is 39.5 Å². The van der Waals surface area contributed by atoms with E-state index in [9.17, 15) is 9.50 Å². The van der Waals surface area contributed by atoms with Crippen molar-refractivity contribution in [3.8, 4) is 28.7 Å². The average molecular weight is 480 g/mol. The molecule has 3 aromatic carbocycles. The van der Waals surface area contributed by atoms with Gasteiger partial charge in [0.1, 0.15) is 5.82 Å². The molecular weight excluding hydrogens is 453 g/mol. The molecule has 0 bridgehead atoms. The molecule has 0 amide bonds. The minimum absolute atomic E-state index is 0.0319. The molecule has 4 atom stereocenters. The van der Waals surface area contributed by atoms with Gasteiger partial charge >= 0.3 is 0 Å². The summed E-state index contributed by atoms with van der Waals surface area (Å²) < 4.78 is 41.9. The van der Waals surface area contributed by atoms with Gasteiger partial charge in [-0.15, -0.1) is 0 Å². The molecule has 0 spiro atoms. The molecule has 0 saturated carbocycles. The molecule has 1 aliphatic carbocycles. The molecule has 2 aliphatic heterocycles. The van der Waals surface area contributed by atoms with E-state index in [2.05, 4.69) is 5.32 Å². The van der Waals surface area contributed by atoms with E-state index in [0.717, 1.165) is 22.4 Å². The third kappa shape index (κ3) is 3.60. The van der Waals surface area contributed by atoms with Crippen LogP contribution in [0, 0.1) is 17.7 Å². The summed E-state index contributed by atoms with van der Waals surface area (Å²) in [6.45, 7) is 1.34. The number of aromatic hydroxyl groups is 1. The van der Waals surface area contributed by atoms with Gasteiger partial charge in [-0.2, -0.15) is 0 Å². The van der Waals surface area contributed by atoms with Gasteiger partial charge in [0.05, 0.1) is 33.5 Å². The summed E-state index contributed by atoms with van der Waals surface area (Å²) in [5.74, 6) is 2.02. The van der Waals surface area contributed by atoms with Gasteiger partial charge in [-0.1, -0.05) is 0 Å². The summed E-state index contributed by atoms with van der Waals surface area (Å²) >= 11 is 0. The van der Waals surface area contributed by atoms with Crippen molar-refractivity contribution in [1.82, 2.24) is 0 Å². The van der Waals surface area contributed by atoms with Gasteiger partial charge in [0.15, 0.2) is 23.0 Å². The Morgan fingerprint density at radius 1 is 0.886 bits per heavy atom. The molecule has 2 heterocycles. The SMILES string of the molecule is COc1cc(C2c3cc4c(cc3[C@@H](Nc3ccc(F)cc3)C3COC[C@H]23)OCO4)cc(OC)c1O. The number of halogens is 1. The number of fused-ring (bicyclic) bond motifs is 3. The number of hydrogen-bond acceptors (Lipinski definition) is 7. The molecule has 0 radical (unpaired) electrons. The lowest BCUT2D eigenvalue weighted by Crippen LogP contribution is -2.36. The third-order valence-corrected chi connectivity index (χ3v) is 7.30. The van der Waals surface area contributed by atoms with E-state index in [4.69, 9.17) is 23.7 Å². The van der Waals surface area contributed by atoms with E-state index in [1.54, 1.807) is 12.1 Å². The molecule has 2 unspecified atom stereocenters. The number of ether oxygens (including phenoxy) is 5. The molecule has 7 nitrogen and oxygen atoms in total. The number of rotatable bonds is 5. The number of phenols is 1. The Hall–Kier alpha value is -3.65. The average Bonchev–Trinajstić information content (AvgIpc) is 3.54. The number of methoxy groups -OCH3 is 2. The van der Waals surface area contributed by atoms with Gasteiger partial charge in [0.2, 0.25) is 12.5 Å². The molecule has 35 heavy (non-hydrogen) atoms. The van der Waals surface area contributed by atoms with Crippen LogP contribution in [0.2, 0.25) is 0 Å². The van der Waals surface area contributed by atoms with Gasteiger partial charge in [0, 0.05) is 23.4 Å². The number of hydrogen-bond donors (Lipinski definition) is 2. The normalized spacial score (nSPS) is 24.0. The largest absolute Gasteiger partial charge is 0.502 e. The smallest absolute Gasteiger partial charge is 0.231 e. The summed E-state index contributed by atoms with van der Waals surface area (Å²) in [7, 11) is 3.05. The number of benzene rings is 3. The summed E-state index contributed by atoms with van der Waals surface area (Å²) in [5.41, 5.74) is 3.94. The summed E-state index contributed by atoms with van der Waals surface area (Å²) in [4.78, 5) is 0. The van der Waals surface area contributed by atoms with Crippen LogP contribution in [-0.4, -0.2) is 39.3 Å². The fraction of sp³-hybridized carbons (Fsp3) is 0.333. The fourth-order valence-electron chi connectivity index (χ4n) is 5.68. The lowest BCUT2D eigenvalue weighted by Gasteiger charge is -2.41. The number of anilines is 1. The molecule has 182 valence electrons. The van der Waals surface area contributed by atoms with Gasteiger partial charge in [-0.3, -0.25) is 0 Å². The zero-order chi connectivity index (χ0) is 24.1. The molecule has 2 N–H and O–H groups in total. The van der Waals surface area contributed by atoms with Crippen molar-refractivity contribution in [2.24, 2.45) is 11.8 Å². The van der Waals surface area contributed by atoms with Crippen LogP contribution in [0.5, 0.6) is 28.7 Å². The summed E-state index contributed by atoms with van der Waals surface area (Å²) in [6.07, 6.45) is 0. The fourth-order valence-corrected chi connectivity index (χ4v) is 5.68. The second-order valence-corrected chi connectivity index (χ2v) is 9.08. The monoisotopic (exact) mass is 479 g/mol. The topological polar surface area (TPSA) is 78.4 Å². The molecule has 0 aromatic heterocycles. The van der Waals surface area contributed by atoms with Crippen molar-refractivity contribution in [3.63, 3.8) is 0 Å². The predicted octanol–water partition coefficient (Wildman–Crippen LogP) is 4.84. The molecule has 3 aliphatic rings. The van der Waals surface area contributed by atoms with Crippen LogP contribution in [-0.2, 0) is 4.74 Å². The van der Waals surface area contributed by atoms with Crippen LogP contribution in [0.15, 0.2) is 48.5 Å². The Bertz CT molecular complexity index is 1240. The molecule has 3 aromatic rings. The zero-order valence-electron chi connectivity index (χ0n) is 19.4. The number of nitrogens with one attached hydrogen (secondary N) is 1. The highest BCUT2D eigenvalue weighted by atomic mass is 19.1. The van der Waals surface area contributed by atoms with Crippen LogP contribution < -0.4 is 24.3 Å². The van der Waals surface area contributed by atoms with Crippen molar-refractivity contribution in [1.29, 1.82) is 0 Å². The lowest BCUT2D eigenvalue weighted by atomic mass is 9.65. The van der Waals surface area contributed by atoms with Crippen LogP contribution >= 0.6 is 0 Å². The Kier molecular flexibility index (Phi) is 5.33. The molecule has 1 saturated heterocycles. The minimum Gasteiger partial charge on any atom is -0.502 e. The highest BCUT2D eigenvalue weighted by Crippen LogP contribution is 2.55. The second-order valence-electron chi connectivity index (χ2n) is 9.08. The Morgan fingerprint density at radius 3 is 2.17 bits per heavy atom.